The monoisotopic (exact) mass is 407 g/mol. The Morgan fingerprint density at radius 2 is 1.63 bits per heavy atom. The largest absolute Gasteiger partial charge is 0.366 e. The molecule has 154 valence electrons. The number of aromatic nitrogens is 2. The lowest BCUT2D eigenvalue weighted by molar-refractivity contribution is -0.114. The summed E-state index contributed by atoms with van der Waals surface area (Å²) in [7, 11) is 0. The SMILES string of the molecule is CC(=O)Nc1cc(C(=O)N2CCN(c3ccccc3F)CC2)nn1-c1ccccc1. The fourth-order valence-electron chi connectivity index (χ4n) is 3.54. The molecule has 3 aromatic rings. The first-order chi connectivity index (χ1) is 14.5. The molecule has 0 unspecified atom stereocenters. The number of amides is 2. The Morgan fingerprint density at radius 1 is 0.967 bits per heavy atom. The Balaban J connectivity index is 1.52. The third kappa shape index (κ3) is 4.03. The number of nitrogens with one attached hydrogen (secondary N) is 1. The molecule has 0 radical (unpaired) electrons. The van der Waals surface area contributed by atoms with Crippen molar-refractivity contribution < 1.29 is 14.0 Å². The first-order valence-corrected chi connectivity index (χ1v) is 9.75. The fraction of sp³-hybridized carbons (Fsp3) is 0.227. The number of benzene rings is 2. The molecule has 2 amide bonds. The lowest BCUT2D eigenvalue weighted by Gasteiger charge is -2.35. The Morgan fingerprint density at radius 3 is 2.30 bits per heavy atom. The highest BCUT2D eigenvalue weighted by Crippen LogP contribution is 2.22. The van der Waals surface area contributed by atoms with E-state index in [2.05, 4.69) is 10.4 Å². The van der Waals surface area contributed by atoms with Gasteiger partial charge in [-0.05, 0) is 24.3 Å². The zero-order chi connectivity index (χ0) is 21.1. The van der Waals surface area contributed by atoms with Crippen molar-refractivity contribution >= 4 is 23.3 Å². The Bertz CT molecular complexity index is 1060. The molecule has 7 nitrogen and oxygen atoms in total. The highest BCUT2D eigenvalue weighted by molar-refractivity contribution is 5.95. The fourth-order valence-corrected chi connectivity index (χ4v) is 3.54. The number of piperazine rings is 1. The van der Waals surface area contributed by atoms with Crippen LogP contribution in [0.3, 0.4) is 0 Å². The van der Waals surface area contributed by atoms with Gasteiger partial charge in [-0.2, -0.15) is 5.10 Å². The van der Waals surface area contributed by atoms with E-state index < -0.39 is 0 Å². The average Bonchev–Trinajstić information content (AvgIpc) is 3.17. The maximum atomic E-state index is 14.0. The second-order valence-corrected chi connectivity index (χ2v) is 7.07. The molecule has 2 aromatic carbocycles. The molecule has 1 fully saturated rings. The van der Waals surface area contributed by atoms with Gasteiger partial charge in [-0.3, -0.25) is 9.59 Å². The van der Waals surface area contributed by atoms with Gasteiger partial charge in [0.1, 0.15) is 11.6 Å². The molecule has 1 saturated heterocycles. The van der Waals surface area contributed by atoms with Gasteiger partial charge in [0, 0.05) is 39.2 Å². The van der Waals surface area contributed by atoms with E-state index in [1.807, 2.05) is 35.2 Å². The molecule has 1 aliphatic rings. The normalized spacial score (nSPS) is 13.9. The lowest BCUT2D eigenvalue weighted by Crippen LogP contribution is -2.49. The molecule has 0 atom stereocenters. The molecule has 0 bridgehead atoms. The van der Waals surface area contributed by atoms with Crippen LogP contribution in [0.4, 0.5) is 15.9 Å². The van der Waals surface area contributed by atoms with Crippen molar-refractivity contribution in [2.45, 2.75) is 6.92 Å². The van der Waals surface area contributed by atoms with Crippen LogP contribution < -0.4 is 10.2 Å². The summed E-state index contributed by atoms with van der Waals surface area (Å²) >= 11 is 0. The summed E-state index contributed by atoms with van der Waals surface area (Å²) in [6, 6.07) is 17.5. The van der Waals surface area contributed by atoms with E-state index in [0.29, 0.717) is 37.7 Å². The van der Waals surface area contributed by atoms with Crippen LogP contribution in [0.5, 0.6) is 0 Å². The number of rotatable bonds is 4. The predicted molar refractivity (Wildman–Crippen MR) is 112 cm³/mol. The second-order valence-electron chi connectivity index (χ2n) is 7.07. The molecule has 0 spiro atoms. The molecule has 1 N–H and O–H groups in total. The molecule has 2 heterocycles. The predicted octanol–water partition coefficient (Wildman–Crippen LogP) is 2.93. The Labute approximate surface area is 173 Å². The molecule has 4 rings (SSSR count). The summed E-state index contributed by atoms with van der Waals surface area (Å²) in [4.78, 5) is 28.3. The zero-order valence-electron chi connectivity index (χ0n) is 16.6. The average molecular weight is 407 g/mol. The molecule has 30 heavy (non-hydrogen) atoms. The third-order valence-electron chi connectivity index (χ3n) is 4.99. The molecule has 1 aromatic heterocycles. The maximum absolute atomic E-state index is 14.0. The van der Waals surface area contributed by atoms with Gasteiger partial charge in [0.15, 0.2) is 5.69 Å². The van der Waals surface area contributed by atoms with Crippen LogP contribution in [0.25, 0.3) is 5.69 Å². The van der Waals surface area contributed by atoms with E-state index in [-0.39, 0.29) is 23.3 Å². The van der Waals surface area contributed by atoms with E-state index in [4.69, 9.17) is 0 Å². The van der Waals surface area contributed by atoms with Crippen LogP contribution >= 0.6 is 0 Å². The van der Waals surface area contributed by atoms with Gasteiger partial charge in [-0.15, -0.1) is 0 Å². The standard InChI is InChI=1S/C22H22FN5O2/c1-16(29)24-21-15-19(25-28(21)17-7-3-2-4-8-17)22(30)27-13-11-26(12-14-27)20-10-6-5-9-18(20)23/h2-10,15H,11-14H2,1H3,(H,24,29). The van der Waals surface area contributed by atoms with Crippen LogP contribution in [-0.2, 0) is 4.79 Å². The minimum Gasteiger partial charge on any atom is -0.366 e. The molecule has 0 saturated carbocycles. The van der Waals surface area contributed by atoms with Crippen molar-refractivity contribution in [1.82, 2.24) is 14.7 Å². The number of para-hydroxylation sites is 2. The number of halogens is 1. The highest BCUT2D eigenvalue weighted by atomic mass is 19.1. The van der Waals surface area contributed by atoms with Crippen LogP contribution in [-0.4, -0.2) is 52.7 Å². The van der Waals surface area contributed by atoms with E-state index >= 15 is 0 Å². The summed E-state index contributed by atoms with van der Waals surface area (Å²) in [5.74, 6) is -0.296. The number of hydrogen-bond acceptors (Lipinski definition) is 4. The maximum Gasteiger partial charge on any atom is 0.274 e. The number of nitrogens with zero attached hydrogens (tertiary/aromatic N) is 4. The van der Waals surface area contributed by atoms with E-state index in [1.165, 1.54) is 13.0 Å². The first kappa shape index (κ1) is 19.6. The van der Waals surface area contributed by atoms with E-state index in [9.17, 15) is 14.0 Å². The van der Waals surface area contributed by atoms with Crippen molar-refractivity contribution in [1.29, 1.82) is 0 Å². The van der Waals surface area contributed by atoms with Crippen LogP contribution in [0.2, 0.25) is 0 Å². The van der Waals surface area contributed by atoms with Gasteiger partial charge in [0.2, 0.25) is 5.91 Å². The second kappa shape index (κ2) is 8.36. The zero-order valence-corrected chi connectivity index (χ0v) is 16.6. The lowest BCUT2D eigenvalue weighted by atomic mass is 10.2. The number of carbonyl (C=O) groups excluding carboxylic acids is 2. The minimum absolute atomic E-state index is 0.218. The Kier molecular flexibility index (Phi) is 5.47. The number of hydrogen-bond donors (Lipinski definition) is 1. The summed E-state index contributed by atoms with van der Waals surface area (Å²) in [5.41, 5.74) is 1.54. The van der Waals surface area contributed by atoms with Gasteiger partial charge in [0.25, 0.3) is 5.91 Å². The van der Waals surface area contributed by atoms with Crippen molar-refractivity contribution in [3.05, 3.63) is 72.2 Å². The number of carbonyl (C=O) groups is 2. The van der Waals surface area contributed by atoms with Crippen molar-refractivity contribution in [2.75, 3.05) is 36.4 Å². The van der Waals surface area contributed by atoms with Gasteiger partial charge < -0.3 is 15.1 Å². The van der Waals surface area contributed by atoms with Gasteiger partial charge in [-0.25, -0.2) is 9.07 Å². The van der Waals surface area contributed by atoms with Crippen molar-refractivity contribution in [3.63, 3.8) is 0 Å². The summed E-state index contributed by atoms with van der Waals surface area (Å²) < 4.78 is 15.6. The Hall–Kier alpha value is -3.68. The van der Waals surface area contributed by atoms with Crippen LogP contribution in [0.1, 0.15) is 17.4 Å². The quantitative estimate of drug-likeness (QED) is 0.722. The minimum atomic E-state index is -0.265. The highest BCUT2D eigenvalue weighted by Gasteiger charge is 2.26. The summed E-state index contributed by atoms with van der Waals surface area (Å²) in [6.45, 7) is 3.39. The molecular formula is C22H22FN5O2. The van der Waals surface area contributed by atoms with E-state index in [1.54, 1.807) is 33.8 Å². The van der Waals surface area contributed by atoms with Crippen molar-refractivity contribution in [2.24, 2.45) is 0 Å². The van der Waals surface area contributed by atoms with Crippen LogP contribution in [0.15, 0.2) is 60.7 Å². The van der Waals surface area contributed by atoms with Crippen molar-refractivity contribution in [3.8, 4) is 5.69 Å². The molecule has 1 aliphatic heterocycles. The molecule has 8 heteroatoms. The van der Waals surface area contributed by atoms with Gasteiger partial charge >= 0.3 is 0 Å². The van der Waals surface area contributed by atoms with Gasteiger partial charge in [0.05, 0.1) is 11.4 Å². The topological polar surface area (TPSA) is 70.5 Å². The smallest absolute Gasteiger partial charge is 0.274 e. The van der Waals surface area contributed by atoms with Crippen LogP contribution in [0, 0.1) is 5.82 Å². The van der Waals surface area contributed by atoms with E-state index in [0.717, 1.165) is 5.69 Å². The summed E-state index contributed by atoms with van der Waals surface area (Å²) in [6.07, 6.45) is 0. The summed E-state index contributed by atoms with van der Waals surface area (Å²) in [5, 5.41) is 7.16. The molecular weight excluding hydrogens is 385 g/mol. The number of anilines is 2. The molecule has 0 aliphatic carbocycles. The first-order valence-electron chi connectivity index (χ1n) is 9.75. The third-order valence-corrected chi connectivity index (χ3v) is 4.99. The van der Waals surface area contributed by atoms with Gasteiger partial charge in [-0.1, -0.05) is 30.3 Å².